The number of β-amino-alcohol motifs (C(OH)–C–C–N with tert-alkyl or cyclic N) is 1. The number of likely N-dealkylation sites (tertiary alicyclic amines) is 1. The maximum Gasteiger partial charge on any atom is 0.134 e. The molecule has 2 fully saturated rings. The first kappa shape index (κ1) is 23.3. The molecule has 32 heavy (non-hydrogen) atoms. The number of hydrogen-bond donors (Lipinski definition) is 1. The molecule has 2 aromatic carbocycles. The van der Waals surface area contributed by atoms with Crippen LogP contribution in [0.2, 0.25) is 5.02 Å². The molecule has 2 aromatic rings. The Hall–Kier alpha value is -1.83. The Kier molecular flexibility index (Phi) is 8.27. The molecule has 0 amide bonds. The van der Waals surface area contributed by atoms with E-state index < -0.39 is 5.60 Å². The van der Waals surface area contributed by atoms with Gasteiger partial charge in [-0.25, -0.2) is 0 Å². The van der Waals surface area contributed by atoms with E-state index in [9.17, 15) is 5.11 Å². The van der Waals surface area contributed by atoms with E-state index in [1.54, 1.807) is 12.1 Å². The third-order valence-corrected chi connectivity index (χ3v) is 6.18. The van der Waals surface area contributed by atoms with Gasteiger partial charge in [0.05, 0.1) is 13.2 Å². The van der Waals surface area contributed by atoms with Crippen LogP contribution in [0.3, 0.4) is 0 Å². The van der Waals surface area contributed by atoms with Gasteiger partial charge >= 0.3 is 0 Å². The molecule has 0 aromatic heterocycles. The summed E-state index contributed by atoms with van der Waals surface area (Å²) in [5.41, 5.74) is 0.0918. The van der Waals surface area contributed by atoms with Crippen molar-refractivity contribution < 1.29 is 19.3 Å². The fourth-order valence-corrected chi connectivity index (χ4v) is 4.42. The van der Waals surface area contributed by atoms with Gasteiger partial charge in [0.15, 0.2) is 0 Å². The number of hydrogen-bond acceptors (Lipinski definition) is 6. The molecule has 0 radical (unpaired) electrons. The summed E-state index contributed by atoms with van der Waals surface area (Å²) in [7, 11) is 0. The van der Waals surface area contributed by atoms with Crippen LogP contribution in [0, 0.1) is 0 Å². The first-order chi connectivity index (χ1) is 15.6. The summed E-state index contributed by atoms with van der Waals surface area (Å²) in [5.74, 6) is 1.54. The number of nitrogens with zero attached hydrogens (tertiary/aromatic N) is 2. The van der Waals surface area contributed by atoms with E-state index in [1.807, 2.05) is 24.3 Å². The quantitative estimate of drug-likeness (QED) is 0.618. The van der Waals surface area contributed by atoms with Gasteiger partial charge in [-0.3, -0.25) is 9.80 Å². The van der Waals surface area contributed by atoms with Crippen molar-refractivity contribution in [3.63, 3.8) is 0 Å². The second-order valence-electron chi connectivity index (χ2n) is 8.77. The number of ether oxygens (including phenoxy) is 3. The van der Waals surface area contributed by atoms with Crippen LogP contribution in [0.4, 0.5) is 0 Å². The summed E-state index contributed by atoms with van der Waals surface area (Å²) in [4.78, 5) is 4.66. The highest BCUT2D eigenvalue weighted by Crippen LogP contribution is 2.21. The molecule has 2 saturated heterocycles. The molecule has 0 aliphatic carbocycles. The molecule has 2 heterocycles. The van der Waals surface area contributed by atoms with Gasteiger partial charge in [-0.1, -0.05) is 29.8 Å². The highest BCUT2D eigenvalue weighted by molar-refractivity contribution is 6.30. The summed E-state index contributed by atoms with van der Waals surface area (Å²) in [6.07, 6.45) is 2.61. The number of rotatable bonds is 9. The molecule has 0 unspecified atom stereocenters. The Balaban J connectivity index is 1.26. The number of benzene rings is 2. The molecule has 1 N–H and O–H groups in total. The van der Waals surface area contributed by atoms with Gasteiger partial charge in [0.25, 0.3) is 0 Å². The van der Waals surface area contributed by atoms with Gasteiger partial charge in [-0.05, 0) is 61.8 Å². The Morgan fingerprint density at radius 1 is 0.969 bits per heavy atom. The molecule has 0 bridgehead atoms. The van der Waals surface area contributed by atoms with Crippen molar-refractivity contribution in [1.82, 2.24) is 9.80 Å². The summed E-state index contributed by atoms with van der Waals surface area (Å²) in [5, 5.41) is 11.7. The third-order valence-electron chi connectivity index (χ3n) is 5.95. The molecule has 4 rings (SSSR count). The summed E-state index contributed by atoms with van der Waals surface area (Å²) in [6.45, 7) is 7.04. The minimum Gasteiger partial charge on any atom is -0.492 e. The van der Waals surface area contributed by atoms with E-state index >= 15 is 0 Å². The lowest BCUT2D eigenvalue weighted by Crippen LogP contribution is -2.48. The predicted octanol–water partition coefficient (Wildman–Crippen LogP) is 3.46. The van der Waals surface area contributed by atoms with Crippen LogP contribution in [0.25, 0.3) is 0 Å². The molecule has 6 nitrogen and oxygen atoms in total. The van der Waals surface area contributed by atoms with E-state index in [0.29, 0.717) is 23.9 Å². The molecule has 7 heteroatoms. The van der Waals surface area contributed by atoms with Crippen LogP contribution in [-0.2, 0) is 11.3 Å². The van der Waals surface area contributed by atoms with Crippen molar-refractivity contribution in [2.45, 2.75) is 25.0 Å². The van der Waals surface area contributed by atoms with Crippen molar-refractivity contribution in [3.8, 4) is 11.5 Å². The number of aliphatic hydroxyl groups is 1. The van der Waals surface area contributed by atoms with Gasteiger partial charge in [0, 0.05) is 31.2 Å². The smallest absolute Gasteiger partial charge is 0.134 e. The summed E-state index contributed by atoms with van der Waals surface area (Å²) in [6, 6.07) is 15.5. The Labute approximate surface area is 195 Å². The van der Waals surface area contributed by atoms with Gasteiger partial charge in [-0.2, -0.15) is 0 Å². The van der Waals surface area contributed by atoms with Crippen molar-refractivity contribution in [1.29, 1.82) is 0 Å². The minimum absolute atomic E-state index is 0.146. The highest BCUT2D eigenvalue weighted by atomic mass is 35.5. The van der Waals surface area contributed by atoms with Gasteiger partial charge in [0.1, 0.15) is 30.3 Å². The molecular formula is C25H33ClN2O4. The SMILES string of the molecule is O[C@@]1(COc2cccc(Cl)c2)COCCN(Cc2ccc(OCCN3CCCC3)cc2)C1. The summed E-state index contributed by atoms with van der Waals surface area (Å²) >= 11 is 6.02. The maximum absolute atomic E-state index is 11.1. The fraction of sp³-hybridized carbons (Fsp3) is 0.520. The average Bonchev–Trinajstić information content (AvgIpc) is 3.23. The lowest BCUT2D eigenvalue weighted by molar-refractivity contribution is -0.0646. The van der Waals surface area contributed by atoms with Crippen LogP contribution in [0.5, 0.6) is 11.5 Å². The topological polar surface area (TPSA) is 54.4 Å². The second kappa shape index (κ2) is 11.3. The van der Waals surface area contributed by atoms with E-state index in [-0.39, 0.29) is 13.2 Å². The molecule has 0 saturated carbocycles. The van der Waals surface area contributed by atoms with Gasteiger partial charge < -0.3 is 19.3 Å². The largest absolute Gasteiger partial charge is 0.492 e. The third kappa shape index (κ3) is 7.09. The average molecular weight is 461 g/mol. The van der Waals surface area contributed by atoms with E-state index in [2.05, 4.69) is 21.9 Å². The highest BCUT2D eigenvalue weighted by Gasteiger charge is 2.33. The van der Waals surface area contributed by atoms with Crippen LogP contribution in [0.1, 0.15) is 18.4 Å². The lowest BCUT2D eigenvalue weighted by atomic mass is 10.1. The fourth-order valence-electron chi connectivity index (χ4n) is 4.24. The zero-order valence-electron chi connectivity index (χ0n) is 18.5. The van der Waals surface area contributed by atoms with Crippen LogP contribution >= 0.6 is 11.6 Å². The van der Waals surface area contributed by atoms with E-state index in [4.69, 9.17) is 25.8 Å². The second-order valence-corrected chi connectivity index (χ2v) is 9.21. The number of halogens is 1. The zero-order valence-corrected chi connectivity index (χ0v) is 19.3. The minimum atomic E-state index is -1.09. The zero-order chi connectivity index (χ0) is 22.2. The molecule has 174 valence electrons. The van der Waals surface area contributed by atoms with Gasteiger partial charge in [-0.15, -0.1) is 0 Å². The predicted molar refractivity (Wildman–Crippen MR) is 126 cm³/mol. The Bertz CT molecular complexity index is 844. The molecular weight excluding hydrogens is 428 g/mol. The summed E-state index contributed by atoms with van der Waals surface area (Å²) < 4.78 is 17.4. The molecule has 2 aliphatic rings. The van der Waals surface area contributed by atoms with Crippen molar-refractivity contribution in [2.24, 2.45) is 0 Å². The van der Waals surface area contributed by atoms with Crippen molar-refractivity contribution in [2.75, 3.05) is 59.2 Å². The van der Waals surface area contributed by atoms with Crippen LogP contribution in [-0.4, -0.2) is 79.7 Å². The van der Waals surface area contributed by atoms with E-state index in [1.165, 1.54) is 31.5 Å². The first-order valence-corrected chi connectivity index (χ1v) is 11.8. The Morgan fingerprint density at radius 2 is 1.78 bits per heavy atom. The first-order valence-electron chi connectivity index (χ1n) is 11.4. The molecule has 0 spiro atoms. The lowest BCUT2D eigenvalue weighted by Gasteiger charge is -2.30. The molecule has 1 atom stereocenters. The normalized spacial score (nSPS) is 22.6. The van der Waals surface area contributed by atoms with E-state index in [0.717, 1.165) is 32.0 Å². The van der Waals surface area contributed by atoms with Crippen molar-refractivity contribution in [3.05, 3.63) is 59.1 Å². The van der Waals surface area contributed by atoms with Crippen molar-refractivity contribution >= 4 is 11.6 Å². The maximum atomic E-state index is 11.1. The standard InChI is InChI=1S/C25H33ClN2O4/c26-22-4-3-5-24(16-22)32-20-25(29)18-28(12-14-30-19-25)17-21-6-8-23(9-7-21)31-15-13-27-10-1-2-11-27/h3-9,16,29H,1-2,10-15,17-20H2/t25-/m1/s1. The Morgan fingerprint density at radius 3 is 2.56 bits per heavy atom. The molecule has 2 aliphatic heterocycles. The van der Waals surface area contributed by atoms with Gasteiger partial charge in [0.2, 0.25) is 0 Å². The van der Waals surface area contributed by atoms with Crippen LogP contribution in [0.15, 0.2) is 48.5 Å². The van der Waals surface area contributed by atoms with Crippen LogP contribution < -0.4 is 9.47 Å². The monoisotopic (exact) mass is 460 g/mol.